The first-order valence-electron chi connectivity index (χ1n) is 4.24. The lowest BCUT2D eigenvalue weighted by molar-refractivity contribution is 0.281. The first kappa shape index (κ1) is 13.1. The molecule has 0 radical (unpaired) electrons. The minimum absolute atomic E-state index is 0.398. The summed E-state index contributed by atoms with van der Waals surface area (Å²) < 4.78 is 36.6. The normalized spacial score (nSPS) is 19.5. The van der Waals surface area contributed by atoms with E-state index in [1.807, 2.05) is 0 Å². The van der Waals surface area contributed by atoms with Gasteiger partial charge < -0.3 is 22.6 Å². The van der Waals surface area contributed by atoms with Crippen molar-refractivity contribution < 1.29 is 27.2 Å². The van der Waals surface area contributed by atoms with Crippen LogP contribution in [0.2, 0.25) is 0 Å². The zero-order valence-corrected chi connectivity index (χ0v) is 10.6. The summed E-state index contributed by atoms with van der Waals surface area (Å²) in [6.45, 7) is 2.68. The minimum atomic E-state index is -3.18. The van der Waals surface area contributed by atoms with Crippen molar-refractivity contribution >= 4 is 16.2 Å². The van der Waals surface area contributed by atoms with Crippen molar-refractivity contribution in [2.75, 3.05) is 27.4 Å². The van der Waals surface area contributed by atoms with Crippen molar-refractivity contribution in [3.05, 3.63) is 11.6 Å². The first-order valence-corrected chi connectivity index (χ1v) is 6.95. The summed E-state index contributed by atoms with van der Waals surface area (Å²) in [5.41, 5.74) is 0. The van der Waals surface area contributed by atoms with Crippen LogP contribution in [-0.4, -0.2) is 27.4 Å². The van der Waals surface area contributed by atoms with Crippen LogP contribution in [0.15, 0.2) is 11.6 Å². The molecule has 0 spiro atoms. The predicted molar refractivity (Wildman–Crippen MR) is 55.3 cm³/mol. The van der Waals surface area contributed by atoms with Crippen LogP contribution >= 0.6 is 16.2 Å². The highest BCUT2D eigenvalue weighted by molar-refractivity contribution is 7.57. The van der Waals surface area contributed by atoms with Gasteiger partial charge in [-0.2, -0.15) is 0 Å². The molecule has 1 rings (SSSR count). The Bertz CT molecular complexity index is 265. The monoisotopic (exact) mass is 256 g/mol. The molecule has 0 amide bonds. The van der Waals surface area contributed by atoms with E-state index in [1.54, 1.807) is 6.92 Å². The van der Waals surface area contributed by atoms with Gasteiger partial charge in [0, 0.05) is 14.2 Å². The molecule has 0 saturated carbocycles. The van der Waals surface area contributed by atoms with Crippen LogP contribution in [0.3, 0.4) is 0 Å². The van der Waals surface area contributed by atoms with Crippen molar-refractivity contribution in [3.8, 4) is 0 Å². The van der Waals surface area contributed by atoms with Crippen molar-refractivity contribution in [2.45, 2.75) is 6.92 Å². The molecule has 1 aliphatic heterocycles. The van der Waals surface area contributed by atoms with Gasteiger partial charge in [0.25, 0.3) is 0 Å². The maximum absolute atomic E-state index is 11.7. The molecule has 0 aromatic carbocycles. The molecule has 1 heterocycles. The van der Waals surface area contributed by atoms with E-state index < -0.39 is 16.2 Å². The largest absolute Gasteiger partial charge is 0.431 e. The maximum atomic E-state index is 11.7. The van der Waals surface area contributed by atoms with E-state index in [4.69, 9.17) is 22.6 Å². The van der Waals surface area contributed by atoms with Gasteiger partial charge in [-0.1, -0.05) is 0 Å². The zero-order chi connectivity index (χ0) is 11.3. The van der Waals surface area contributed by atoms with Gasteiger partial charge in [0.15, 0.2) is 0 Å². The quantitative estimate of drug-likeness (QED) is 0.556. The molecule has 0 aliphatic carbocycles. The summed E-state index contributed by atoms with van der Waals surface area (Å²) in [6.07, 6.45) is 0. The van der Waals surface area contributed by atoms with Gasteiger partial charge in [0.05, 0.1) is 19.0 Å². The highest BCUT2D eigenvalue weighted by atomic mass is 31.2. The van der Waals surface area contributed by atoms with Gasteiger partial charge in [-0.25, -0.2) is 0 Å². The fourth-order valence-electron chi connectivity index (χ4n) is 0.857. The standard InChI is InChI=1S/C7H14O6P2/c1-7(6-15(8,9-2)10-3)13-14-11-4-5-12-14/h6H,4-5H2,1-3H3/b7-6-. The van der Waals surface area contributed by atoms with E-state index in [0.717, 1.165) is 0 Å². The average molecular weight is 256 g/mol. The van der Waals surface area contributed by atoms with Gasteiger partial charge in [0.2, 0.25) is 0 Å². The summed E-state index contributed by atoms with van der Waals surface area (Å²) in [7, 11) is -1.91. The van der Waals surface area contributed by atoms with E-state index in [-0.39, 0.29) is 0 Å². The van der Waals surface area contributed by atoms with Crippen LogP contribution in [0.4, 0.5) is 0 Å². The fourth-order valence-corrected chi connectivity index (χ4v) is 2.71. The number of allylic oxidation sites excluding steroid dienone is 1. The van der Waals surface area contributed by atoms with Crippen LogP contribution in [0.5, 0.6) is 0 Å². The maximum Gasteiger partial charge on any atom is 0.397 e. The Balaban J connectivity index is 2.53. The Kier molecular flexibility index (Phi) is 5.19. The van der Waals surface area contributed by atoms with Gasteiger partial charge >= 0.3 is 16.2 Å². The number of rotatable bonds is 5. The average Bonchev–Trinajstić information content (AvgIpc) is 2.70. The first-order chi connectivity index (χ1) is 7.09. The molecule has 8 heteroatoms. The van der Waals surface area contributed by atoms with Crippen LogP contribution in [0, 0.1) is 0 Å². The van der Waals surface area contributed by atoms with E-state index in [9.17, 15) is 4.57 Å². The molecular weight excluding hydrogens is 242 g/mol. The van der Waals surface area contributed by atoms with E-state index in [1.165, 1.54) is 20.0 Å². The third-order valence-corrected chi connectivity index (χ3v) is 4.47. The molecule has 15 heavy (non-hydrogen) atoms. The lowest BCUT2D eigenvalue weighted by Gasteiger charge is -2.12. The highest BCUT2D eigenvalue weighted by Crippen LogP contribution is 2.52. The van der Waals surface area contributed by atoms with Gasteiger partial charge in [0.1, 0.15) is 5.76 Å². The fraction of sp³-hybridized carbons (Fsp3) is 0.714. The van der Waals surface area contributed by atoms with Gasteiger partial charge in [-0.3, -0.25) is 4.57 Å². The van der Waals surface area contributed by atoms with E-state index >= 15 is 0 Å². The second kappa shape index (κ2) is 5.94. The van der Waals surface area contributed by atoms with E-state index in [0.29, 0.717) is 19.0 Å². The van der Waals surface area contributed by atoms with Crippen molar-refractivity contribution in [2.24, 2.45) is 0 Å². The van der Waals surface area contributed by atoms with Crippen LogP contribution in [-0.2, 0) is 27.2 Å². The molecule has 88 valence electrons. The van der Waals surface area contributed by atoms with Crippen molar-refractivity contribution in [1.29, 1.82) is 0 Å². The van der Waals surface area contributed by atoms with Gasteiger partial charge in [-0.05, 0) is 6.92 Å². The highest BCUT2D eigenvalue weighted by Gasteiger charge is 2.23. The van der Waals surface area contributed by atoms with Gasteiger partial charge in [-0.15, -0.1) is 0 Å². The van der Waals surface area contributed by atoms with Crippen molar-refractivity contribution in [3.63, 3.8) is 0 Å². The molecule has 0 aromatic heterocycles. The van der Waals surface area contributed by atoms with Crippen LogP contribution in [0.1, 0.15) is 6.92 Å². The van der Waals surface area contributed by atoms with Crippen molar-refractivity contribution in [1.82, 2.24) is 0 Å². The lowest BCUT2D eigenvalue weighted by atomic mass is 10.7. The number of hydrogen-bond donors (Lipinski definition) is 0. The van der Waals surface area contributed by atoms with Crippen LogP contribution in [0.25, 0.3) is 0 Å². The summed E-state index contributed by atoms with van der Waals surface area (Å²) in [4.78, 5) is 0. The third-order valence-electron chi connectivity index (χ3n) is 1.54. The molecule has 0 unspecified atom stereocenters. The predicted octanol–water partition coefficient (Wildman–Crippen LogP) is 2.62. The molecule has 1 fully saturated rings. The second-order valence-electron chi connectivity index (χ2n) is 2.63. The molecule has 1 aliphatic rings. The topological polar surface area (TPSA) is 63.2 Å². The molecule has 6 nitrogen and oxygen atoms in total. The molecule has 1 saturated heterocycles. The third kappa shape index (κ3) is 4.19. The molecular formula is C7H14O6P2. The second-order valence-corrected chi connectivity index (χ2v) is 5.84. The molecule has 0 atom stereocenters. The van der Waals surface area contributed by atoms with Crippen LogP contribution < -0.4 is 0 Å². The minimum Gasteiger partial charge on any atom is -0.431 e. The smallest absolute Gasteiger partial charge is 0.397 e. The Morgan fingerprint density at radius 1 is 1.33 bits per heavy atom. The Hall–Kier alpha value is 0.0400. The summed E-state index contributed by atoms with van der Waals surface area (Å²) in [6, 6.07) is 0. The number of hydrogen-bond acceptors (Lipinski definition) is 6. The SMILES string of the molecule is COP(=O)(/C=C(/C)OP1OCCO1)OC. The Morgan fingerprint density at radius 2 is 1.87 bits per heavy atom. The summed E-state index contributed by atoms with van der Waals surface area (Å²) >= 11 is 0. The Labute approximate surface area is 90.0 Å². The Morgan fingerprint density at radius 3 is 2.33 bits per heavy atom. The summed E-state index contributed by atoms with van der Waals surface area (Å²) in [5, 5.41) is 0. The zero-order valence-electron chi connectivity index (χ0n) is 8.84. The summed E-state index contributed by atoms with van der Waals surface area (Å²) in [5.74, 6) is 1.69. The molecule has 0 N–H and O–H groups in total. The van der Waals surface area contributed by atoms with E-state index in [2.05, 4.69) is 0 Å². The lowest BCUT2D eigenvalue weighted by Crippen LogP contribution is -1.88. The molecule has 0 aromatic rings. The molecule has 0 bridgehead atoms.